The summed E-state index contributed by atoms with van der Waals surface area (Å²) in [4.78, 5) is 11.9. The maximum atomic E-state index is 11.9. The molecule has 1 aromatic rings. The van der Waals surface area contributed by atoms with E-state index >= 15 is 0 Å². The fourth-order valence-electron chi connectivity index (χ4n) is 1.32. The van der Waals surface area contributed by atoms with Crippen LogP contribution in [0.1, 0.15) is 0 Å². The van der Waals surface area contributed by atoms with Crippen molar-refractivity contribution in [2.75, 3.05) is 38.8 Å². The Kier molecular flexibility index (Phi) is 6.97. The van der Waals surface area contributed by atoms with Gasteiger partial charge in [-0.3, -0.25) is 4.79 Å². The molecule has 0 aromatic carbocycles. The van der Waals surface area contributed by atoms with Gasteiger partial charge in [0.05, 0.1) is 31.0 Å². The molecular weight excluding hydrogens is 270 g/mol. The third-order valence-corrected chi connectivity index (χ3v) is 2.51. The van der Waals surface area contributed by atoms with E-state index < -0.39 is 0 Å². The highest BCUT2D eigenvalue weighted by atomic mass is 35.5. The second-order valence-corrected chi connectivity index (χ2v) is 3.97. The Labute approximate surface area is 116 Å². The fraction of sp³-hybridized carbons (Fsp3) is 0.500. The Hall–Kier alpha value is -1.55. The summed E-state index contributed by atoms with van der Waals surface area (Å²) >= 11 is 5.91. The van der Waals surface area contributed by atoms with Crippen LogP contribution >= 0.6 is 11.6 Å². The Morgan fingerprint density at radius 1 is 1.53 bits per heavy atom. The lowest BCUT2D eigenvalue weighted by atomic mass is 10.4. The highest BCUT2D eigenvalue weighted by molar-refractivity contribution is 6.32. The molecule has 0 fully saturated rings. The molecule has 0 amide bonds. The number of ether oxygens (including phenoxy) is 2. The van der Waals surface area contributed by atoms with E-state index in [2.05, 4.69) is 16.3 Å². The first-order valence-electron chi connectivity index (χ1n) is 5.70. The summed E-state index contributed by atoms with van der Waals surface area (Å²) in [6.45, 7) is 2.04. The molecule has 0 saturated heterocycles. The van der Waals surface area contributed by atoms with Crippen LogP contribution in [0.3, 0.4) is 0 Å². The minimum atomic E-state index is -0.345. The predicted octanol–water partition coefficient (Wildman–Crippen LogP) is 0.605. The van der Waals surface area contributed by atoms with Crippen LogP contribution < -0.4 is 10.9 Å². The van der Waals surface area contributed by atoms with E-state index in [0.29, 0.717) is 26.4 Å². The molecule has 19 heavy (non-hydrogen) atoms. The summed E-state index contributed by atoms with van der Waals surface area (Å²) in [7, 11) is 1.60. The van der Waals surface area contributed by atoms with E-state index in [1.165, 1.54) is 10.9 Å². The third-order valence-electron chi connectivity index (χ3n) is 2.22. The van der Waals surface area contributed by atoms with Crippen LogP contribution in [0.4, 0.5) is 5.69 Å². The van der Waals surface area contributed by atoms with Crippen molar-refractivity contribution in [3.8, 4) is 12.3 Å². The van der Waals surface area contributed by atoms with Gasteiger partial charge in [0.2, 0.25) is 0 Å². The van der Waals surface area contributed by atoms with Crippen LogP contribution in [0, 0.1) is 12.3 Å². The SMILES string of the molecule is C#CCn1ncc(Cl)c(NCCOCCOC)c1=O. The summed E-state index contributed by atoms with van der Waals surface area (Å²) in [5.74, 6) is 2.35. The lowest BCUT2D eigenvalue weighted by Crippen LogP contribution is -2.27. The average Bonchev–Trinajstić information content (AvgIpc) is 2.40. The number of anilines is 1. The molecule has 0 atom stereocenters. The van der Waals surface area contributed by atoms with Gasteiger partial charge >= 0.3 is 0 Å². The quantitative estimate of drug-likeness (QED) is 0.560. The largest absolute Gasteiger partial charge is 0.382 e. The zero-order valence-corrected chi connectivity index (χ0v) is 11.4. The topological polar surface area (TPSA) is 65.4 Å². The van der Waals surface area contributed by atoms with Gasteiger partial charge in [0.15, 0.2) is 0 Å². The summed E-state index contributed by atoms with van der Waals surface area (Å²) < 4.78 is 11.3. The molecule has 0 aliphatic carbocycles. The number of nitrogens with one attached hydrogen (secondary N) is 1. The first-order chi connectivity index (χ1) is 9.20. The van der Waals surface area contributed by atoms with Crippen LogP contribution in [0.25, 0.3) is 0 Å². The Morgan fingerprint density at radius 2 is 2.32 bits per heavy atom. The first-order valence-corrected chi connectivity index (χ1v) is 6.08. The Morgan fingerprint density at radius 3 is 3.00 bits per heavy atom. The van der Waals surface area contributed by atoms with E-state index in [1.807, 2.05) is 0 Å². The van der Waals surface area contributed by atoms with Gasteiger partial charge in [0.1, 0.15) is 12.2 Å². The van der Waals surface area contributed by atoms with E-state index in [-0.39, 0.29) is 22.8 Å². The molecule has 7 heteroatoms. The maximum Gasteiger partial charge on any atom is 0.292 e. The Bertz CT molecular complexity index is 496. The minimum Gasteiger partial charge on any atom is -0.382 e. The molecule has 1 heterocycles. The van der Waals surface area contributed by atoms with Gasteiger partial charge in [-0.15, -0.1) is 6.42 Å². The average molecular weight is 286 g/mol. The van der Waals surface area contributed by atoms with Crippen molar-refractivity contribution in [2.24, 2.45) is 0 Å². The van der Waals surface area contributed by atoms with Crippen molar-refractivity contribution in [3.05, 3.63) is 21.6 Å². The standard InChI is InChI=1S/C12H16ClN3O3/c1-3-5-16-12(17)11(10(13)9-15-16)14-4-6-19-8-7-18-2/h1,9,14H,4-8H2,2H3. The molecule has 0 saturated carbocycles. The molecule has 0 spiro atoms. The van der Waals surface area contributed by atoms with Crippen molar-refractivity contribution < 1.29 is 9.47 Å². The van der Waals surface area contributed by atoms with Gasteiger partial charge in [-0.25, -0.2) is 4.68 Å². The van der Waals surface area contributed by atoms with Gasteiger partial charge in [0, 0.05) is 13.7 Å². The molecule has 1 N–H and O–H groups in total. The van der Waals surface area contributed by atoms with E-state index in [4.69, 9.17) is 27.5 Å². The van der Waals surface area contributed by atoms with Gasteiger partial charge in [-0.1, -0.05) is 17.5 Å². The molecule has 0 aliphatic rings. The van der Waals surface area contributed by atoms with Crippen LogP contribution in [0.15, 0.2) is 11.0 Å². The number of halogens is 1. The van der Waals surface area contributed by atoms with Crippen LogP contribution in [-0.4, -0.2) is 43.3 Å². The molecule has 0 aliphatic heterocycles. The third kappa shape index (κ3) is 4.91. The monoisotopic (exact) mass is 285 g/mol. The molecule has 1 aromatic heterocycles. The maximum absolute atomic E-state index is 11.9. The molecular formula is C12H16ClN3O3. The van der Waals surface area contributed by atoms with E-state index in [1.54, 1.807) is 7.11 Å². The zero-order valence-electron chi connectivity index (χ0n) is 10.7. The summed E-state index contributed by atoms with van der Waals surface area (Å²) in [6, 6.07) is 0. The number of terminal acetylenes is 1. The minimum absolute atomic E-state index is 0.106. The number of hydrogen-bond donors (Lipinski definition) is 1. The lowest BCUT2D eigenvalue weighted by Gasteiger charge is -2.09. The molecule has 0 unspecified atom stereocenters. The smallest absolute Gasteiger partial charge is 0.292 e. The zero-order chi connectivity index (χ0) is 14.1. The molecule has 0 radical (unpaired) electrons. The first kappa shape index (κ1) is 15.5. The Balaban J connectivity index is 2.55. The second kappa shape index (κ2) is 8.53. The van der Waals surface area contributed by atoms with Crippen molar-refractivity contribution in [2.45, 2.75) is 6.54 Å². The number of aromatic nitrogens is 2. The number of rotatable bonds is 8. The number of hydrogen-bond acceptors (Lipinski definition) is 5. The highest BCUT2D eigenvalue weighted by Crippen LogP contribution is 2.14. The van der Waals surface area contributed by atoms with Crippen LogP contribution in [0.2, 0.25) is 5.02 Å². The van der Waals surface area contributed by atoms with Gasteiger partial charge in [-0.05, 0) is 0 Å². The summed E-state index contributed by atoms with van der Waals surface area (Å²) in [6.07, 6.45) is 6.53. The number of nitrogens with zero attached hydrogens (tertiary/aromatic N) is 2. The molecule has 6 nitrogen and oxygen atoms in total. The molecule has 1 rings (SSSR count). The van der Waals surface area contributed by atoms with Crippen molar-refractivity contribution in [3.63, 3.8) is 0 Å². The molecule has 104 valence electrons. The van der Waals surface area contributed by atoms with Crippen molar-refractivity contribution >= 4 is 17.3 Å². The van der Waals surface area contributed by atoms with Crippen molar-refractivity contribution in [1.82, 2.24) is 9.78 Å². The van der Waals surface area contributed by atoms with Crippen LogP contribution in [-0.2, 0) is 16.0 Å². The summed E-state index contributed by atoms with van der Waals surface area (Å²) in [5.41, 5.74) is -0.0652. The van der Waals surface area contributed by atoms with Gasteiger partial charge < -0.3 is 14.8 Å². The van der Waals surface area contributed by atoms with E-state index in [9.17, 15) is 4.79 Å². The normalized spacial score (nSPS) is 10.2. The van der Waals surface area contributed by atoms with E-state index in [0.717, 1.165) is 0 Å². The second-order valence-electron chi connectivity index (χ2n) is 3.57. The fourth-order valence-corrected chi connectivity index (χ4v) is 1.51. The molecule has 0 bridgehead atoms. The van der Waals surface area contributed by atoms with Gasteiger partial charge in [0.25, 0.3) is 5.56 Å². The lowest BCUT2D eigenvalue weighted by molar-refractivity contribution is 0.0759. The summed E-state index contributed by atoms with van der Waals surface area (Å²) in [5, 5.41) is 7.02. The van der Waals surface area contributed by atoms with Gasteiger partial charge in [-0.2, -0.15) is 5.10 Å². The highest BCUT2D eigenvalue weighted by Gasteiger charge is 2.08. The van der Waals surface area contributed by atoms with Crippen molar-refractivity contribution in [1.29, 1.82) is 0 Å². The van der Waals surface area contributed by atoms with Crippen LogP contribution in [0.5, 0.6) is 0 Å². The predicted molar refractivity (Wildman–Crippen MR) is 73.5 cm³/mol. The number of methoxy groups -OCH3 is 1.